The summed E-state index contributed by atoms with van der Waals surface area (Å²) < 4.78 is 6.12. The third kappa shape index (κ3) is 4.47. The normalized spacial score (nSPS) is 11.8. The number of nitrogens with zero attached hydrogens (tertiary/aromatic N) is 2. The maximum atomic E-state index is 12.6. The highest BCUT2D eigenvalue weighted by Crippen LogP contribution is 2.40. The Balaban J connectivity index is 1.43. The van der Waals surface area contributed by atoms with Crippen LogP contribution in [0.25, 0.3) is 11.4 Å². The molecule has 0 spiro atoms. The summed E-state index contributed by atoms with van der Waals surface area (Å²) in [6, 6.07) is 24.7. The van der Waals surface area contributed by atoms with E-state index in [4.69, 9.17) is 21.3 Å². The lowest BCUT2D eigenvalue weighted by atomic mass is 10.0. The fourth-order valence-corrected chi connectivity index (χ4v) is 4.47. The smallest absolute Gasteiger partial charge is 0.234 e. The Kier molecular flexibility index (Phi) is 5.79. The van der Waals surface area contributed by atoms with Crippen LogP contribution >= 0.6 is 23.4 Å². The van der Waals surface area contributed by atoms with Crippen molar-refractivity contribution in [3.8, 4) is 23.0 Å². The number of aromatic nitrogens is 2. The van der Waals surface area contributed by atoms with Gasteiger partial charge >= 0.3 is 0 Å². The predicted molar refractivity (Wildman–Crippen MR) is 128 cm³/mol. The molecular formula is C25H18ClN3O2S. The number of ether oxygens (including phenoxy) is 1. The standard InChI is InChI=1S/C25H18ClN3O2S/c26-18-10-6-11-19(14-18)27-22(30)15-32-25-20-13-17-9-4-5-12-21(17)31-24(20)28-23(29-25)16-7-2-1-3-8-16/h1-12,14H,13,15H2,(H,27,30). The molecule has 5 nitrogen and oxygen atoms in total. The molecule has 4 aromatic rings. The zero-order valence-corrected chi connectivity index (χ0v) is 18.5. The zero-order valence-electron chi connectivity index (χ0n) is 16.9. The minimum Gasteiger partial charge on any atom is -0.438 e. The van der Waals surface area contributed by atoms with Gasteiger partial charge in [-0.15, -0.1) is 0 Å². The average Bonchev–Trinajstić information content (AvgIpc) is 2.81. The third-order valence-corrected chi connectivity index (χ3v) is 6.21. The number of thioether (sulfide) groups is 1. The molecule has 1 amide bonds. The summed E-state index contributed by atoms with van der Waals surface area (Å²) in [4.78, 5) is 22.0. The maximum Gasteiger partial charge on any atom is 0.234 e. The molecule has 1 aliphatic rings. The van der Waals surface area contributed by atoms with E-state index in [1.54, 1.807) is 24.3 Å². The molecule has 0 aliphatic carbocycles. The maximum absolute atomic E-state index is 12.6. The average molecular weight is 460 g/mol. The molecular weight excluding hydrogens is 442 g/mol. The minimum absolute atomic E-state index is 0.136. The molecule has 0 saturated carbocycles. The summed E-state index contributed by atoms with van der Waals surface area (Å²) in [6.45, 7) is 0. The van der Waals surface area contributed by atoms with Crippen molar-refractivity contribution in [3.63, 3.8) is 0 Å². The Morgan fingerprint density at radius 3 is 2.66 bits per heavy atom. The van der Waals surface area contributed by atoms with Crippen LogP contribution in [0.1, 0.15) is 11.1 Å². The van der Waals surface area contributed by atoms with Gasteiger partial charge in [0.15, 0.2) is 5.82 Å². The minimum atomic E-state index is -0.136. The van der Waals surface area contributed by atoms with Crippen LogP contribution in [0, 0.1) is 0 Å². The first-order valence-electron chi connectivity index (χ1n) is 10.1. The molecule has 3 aromatic carbocycles. The summed E-state index contributed by atoms with van der Waals surface area (Å²) in [5, 5.41) is 4.19. The molecule has 0 atom stereocenters. The number of fused-ring (bicyclic) bond motifs is 2. The Labute approximate surface area is 194 Å². The molecule has 5 rings (SSSR count). The molecule has 0 unspecified atom stereocenters. The van der Waals surface area contributed by atoms with E-state index in [2.05, 4.69) is 10.3 Å². The SMILES string of the molecule is O=C(CSc1nc(-c2ccccc2)nc2c1Cc1ccccc1O2)Nc1cccc(Cl)c1. The second-order valence-electron chi connectivity index (χ2n) is 7.24. The topological polar surface area (TPSA) is 64.1 Å². The fraction of sp³-hybridized carbons (Fsp3) is 0.0800. The number of anilines is 1. The van der Waals surface area contributed by atoms with Gasteiger partial charge in [0.25, 0.3) is 0 Å². The summed E-state index contributed by atoms with van der Waals surface area (Å²) in [7, 11) is 0. The lowest BCUT2D eigenvalue weighted by Gasteiger charge is -2.21. The van der Waals surface area contributed by atoms with Crippen LogP contribution in [0.15, 0.2) is 83.9 Å². The van der Waals surface area contributed by atoms with E-state index in [-0.39, 0.29) is 11.7 Å². The molecule has 158 valence electrons. The number of halogens is 1. The molecule has 0 radical (unpaired) electrons. The third-order valence-electron chi connectivity index (χ3n) is 4.96. The highest BCUT2D eigenvalue weighted by atomic mass is 35.5. The quantitative estimate of drug-likeness (QED) is 0.249. The molecule has 2 heterocycles. The number of para-hydroxylation sites is 1. The first kappa shape index (κ1) is 20.5. The number of nitrogens with one attached hydrogen (secondary N) is 1. The molecule has 32 heavy (non-hydrogen) atoms. The second-order valence-corrected chi connectivity index (χ2v) is 8.64. The van der Waals surface area contributed by atoms with E-state index in [9.17, 15) is 4.79 Å². The van der Waals surface area contributed by atoms with Gasteiger partial charge in [-0.25, -0.2) is 4.98 Å². The van der Waals surface area contributed by atoms with Gasteiger partial charge in [0.1, 0.15) is 10.8 Å². The van der Waals surface area contributed by atoms with Gasteiger partial charge in [0.2, 0.25) is 11.8 Å². The van der Waals surface area contributed by atoms with E-state index in [1.807, 2.05) is 54.6 Å². The van der Waals surface area contributed by atoms with Crippen LogP contribution in [0.3, 0.4) is 0 Å². The van der Waals surface area contributed by atoms with Crippen LogP contribution < -0.4 is 10.1 Å². The lowest BCUT2D eigenvalue weighted by molar-refractivity contribution is -0.113. The van der Waals surface area contributed by atoms with Crippen molar-refractivity contribution < 1.29 is 9.53 Å². The van der Waals surface area contributed by atoms with Crippen molar-refractivity contribution in [2.75, 3.05) is 11.1 Å². The lowest BCUT2D eigenvalue weighted by Crippen LogP contribution is -2.15. The summed E-state index contributed by atoms with van der Waals surface area (Å²) >= 11 is 7.38. The van der Waals surface area contributed by atoms with Gasteiger partial charge in [-0.2, -0.15) is 4.98 Å². The molecule has 0 fully saturated rings. The Hall–Kier alpha value is -3.35. The zero-order chi connectivity index (χ0) is 21.9. The monoisotopic (exact) mass is 459 g/mol. The van der Waals surface area contributed by atoms with Crippen LogP contribution in [0.4, 0.5) is 5.69 Å². The van der Waals surface area contributed by atoms with Crippen molar-refractivity contribution in [1.82, 2.24) is 9.97 Å². The van der Waals surface area contributed by atoms with Crippen LogP contribution in [0.5, 0.6) is 11.6 Å². The summed E-state index contributed by atoms with van der Waals surface area (Å²) in [6.07, 6.45) is 0.652. The van der Waals surface area contributed by atoms with Crippen LogP contribution in [0.2, 0.25) is 5.02 Å². The Morgan fingerprint density at radius 2 is 1.81 bits per heavy atom. The van der Waals surface area contributed by atoms with Gasteiger partial charge in [0, 0.05) is 22.7 Å². The van der Waals surface area contributed by atoms with E-state index in [1.165, 1.54) is 11.8 Å². The van der Waals surface area contributed by atoms with E-state index < -0.39 is 0 Å². The van der Waals surface area contributed by atoms with Crippen molar-refractivity contribution in [2.24, 2.45) is 0 Å². The number of hydrogen-bond acceptors (Lipinski definition) is 5. The second kappa shape index (κ2) is 9.02. The summed E-state index contributed by atoms with van der Waals surface area (Å²) in [5.41, 5.74) is 3.52. The highest BCUT2D eigenvalue weighted by molar-refractivity contribution is 8.00. The first-order chi connectivity index (χ1) is 15.7. The molecule has 1 aromatic heterocycles. The molecule has 1 aliphatic heterocycles. The Morgan fingerprint density at radius 1 is 1.00 bits per heavy atom. The van der Waals surface area contributed by atoms with Gasteiger partial charge in [-0.1, -0.05) is 78.0 Å². The number of benzene rings is 3. The predicted octanol–water partition coefficient (Wildman–Crippen LogP) is 6.22. The van der Waals surface area contributed by atoms with Gasteiger partial charge in [-0.3, -0.25) is 4.79 Å². The number of carbonyl (C=O) groups excluding carboxylic acids is 1. The van der Waals surface area contributed by atoms with Crippen molar-refractivity contribution in [3.05, 3.63) is 95.0 Å². The molecule has 0 saturated heterocycles. The first-order valence-corrected chi connectivity index (χ1v) is 11.4. The fourth-order valence-electron chi connectivity index (χ4n) is 3.46. The van der Waals surface area contributed by atoms with Crippen molar-refractivity contribution in [2.45, 2.75) is 11.4 Å². The number of hydrogen-bond donors (Lipinski definition) is 1. The molecule has 1 N–H and O–H groups in total. The van der Waals surface area contributed by atoms with E-state index >= 15 is 0 Å². The Bertz CT molecular complexity index is 1300. The van der Waals surface area contributed by atoms with Crippen LogP contribution in [-0.2, 0) is 11.2 Å². The number of rotatable bonds is 5. The molecule has 0 bridgehead atoms. The van der Waals surface area contributed by atoms with E-state index in [0.29, 0.717) is 28.8 Å². The van der Waals surface area contributed by atoms with Crippen LogP contribution in [-0.4, -0.2) is 21.6 Å². The van der Waals surface area contributed by atoms with E-state index in [0.717, 1.165) is 27.5 Å². The molecule has 7 heteroatoms. The highest BCUT2D eigenvalue weighted by Gasteiger charge is 2.24. The largest absolute Gasteiger partial charge is 0.438 e. The van der Waals surface area contributed by atoms with Crippen molar-refractivity contribution >= 4 is 35.0 Å². The van der Waals surface area contributed by atoms with Gasteiger partial charge in [0.05, 0.1) is 11.3 Å². The van der Waals surface area contributed by atoms with Crippen molar-refractivity contribution in [1.29, 1.82) is 0 Å². The number of carbonyl (C=O) groups is 1. The van der Waals surface area contributed by atoms with Gasteiger partial charge in [-0.05, 0) is 29.8 Å². The van der Waals surface area contributed by atoms with Gasteiger partial charge < -0.3 is 10.1 Å². The summed E-state index contributed by atoms with van der Waals surface area (Å²) in [5.74, 6) is 1.97. The number of amides is 1.